The molecule has 0 heterocycles. The highest BCUT2D eigenvalue weighted by atomic mass is 14.9. The van der Waals surface area contributed by atoms with E-state index in [0.29, 0.717) is 0 Å². The van der Waals surface area contributed by atoms with Crippen LogP contribution in [0.1, 0.15) is 59.8 Å². The van der Waals surface area contributed by atoms with E-state index in [1.165, 1.54) is 38.6 Å². The van der Waals surface area contributed by atoms with Crippen molar-refractivity contribution in [2.45, 2.75) is 65.8 Å². The fourth-order valence-corrected chi connectivity index (χ4v) is 2.96. The van der Waals surface area contributed by atoms with Gasteiger partial charge in [0.05, 0.1) is 0 Å². The van der Waals surface area contributed by atoms with Crippen molar-refractivity contribution in [3.05, 3.63) is 0 Å². The third-order valence-electron chi connectivity index (χ3n) is 4.15. The molecule has 1 N–H and O–H groups in total. The Morgan fingerprint density at radius 3 is 2.47 bits per heavy atom. The summed E-state index contributed by atoms with van der Waals surface area (Å²) in [5, 5.41) is 3.73. The van der Waals surface area contributed by atoms with Crippen LogP contribution < -0.4 is 5.32 Å². The third-order valence-corrected chi connectivity index (χ3v) is 4.15. The van der Waals surface area contributed by atoms with Crippen molar-refractivity contribution in [1.29, 1.82) is 0 Å². The van der Waals surface area contributed by atoms with Gasteiger partial charge >= 0.3 is 0 Å². The molecule has 1 fully saturated rings. The van der Waals surface area contributed by atoms with Gasteiger partial charge in [-0.2, -0.15) is 0 Å². The van der Waals surface area contributed by atoms with Gasteiger partial charge in [0.25, 0.3) is 0 Å². The Morgan fingerprint density at radius 2 is 1.93 bits per heavy atom. The molecule has 1 saturated carbocycles. The van der Waals surface area contributed by atoms with Gasteiger partial charge in [0, 0.05) is 6.04 Å². The standard InChI is InChI=1S/C14H29N/c1-5-9-15-14-8-7-13(11(3)4)10-12(14)6-2/h11-15H,5-10H2,1-4H3. The van der Waals surface area contributed by atoms with Gasteiger partial charge in [0.2, 0.25) is 0 Å². The molecule has 0 amide bonds. The topological polar surface area (TPSA) is 12.0 Å². The second kappa shape index (κ2) is 6.52. The molecular weight excluding hydrogens is 182 g/mol. The zero-order valence-electron chi connectivity index (χ0n) is 11.1. The molecule has 1 rings (SSSR count). The lowest BCUT2D eigenvalue weighted by Gasteiger charge is -2.38. The van der Waals surface area contributed by atoms with Crippen LogP contribution in [0.4, 0.5) is 0 Å². The molecule has 0 aliphatic heterocycles. The van der Waals surface area contributed by atoms with Gasteiger partial charge in [-0.15, -0.1) is 0 Å². The van der Waals surface area contributed by atoms with Crippen LogP contribution in [0, 0.1) is 17.8 Å². The summed E-state index contributed by atoms with van der Waals surface area (Å²) in [5.74, 6) is 2.79. The van der Waals surface area contributed by atoms with Crippen LogP contribution in [0.5, 0.6) is 0 Å². The second-order valence-electron chi connectivity index (χ2n) is 5.55. The lowest BCUT2D eigenvalue weighted by molar-refractivity contribution is 0.165. The zero-order valence-corrected chi connectivity index (χ0v) is 11.1. The summed E-state index contributed by atoms with van der Waals surface area (Å²) in [5.41, 5.74) is 0. The molecule has 1 nitrogen and oxygen atoms in total. The fraction of sp³-hybridized carbons (Fsp3) is 1.00. The molecule has 1 aliphatic rings. The number of rotatable bonds is 5. The smallest absolute Gasteiger partial charge is 0.00954 e. The molecule has 90 valence electrons. The highest BCUT2D eigenvalue weighted by Gasteiger charge is 2.29. The minimum absolute atomic E-state index is 0.810. The van der Waals surface area contributed by atoms with Crippen LogP contribution in [0.2, 0.25) is 0 Å². The summed E-state index contributed by atoms with van der Waals surface area (Å²) >= 11 is 0. The molecule has 0 aromatic carbocycles. The van der Waals surface area contributed by atoms with Gasteiger partial charge in [-0.05, 0) is 50.0 Å². The summed E-state index contributed by atoms with van der Waals surface area (Å²) in [4.78, 5) is 0. The monoisotopic (exact) mass is 211 g/mol. The molecule has 0 aromatic rings. The normalized spacial score (nSPS) is 32.2. The largest absolute Gasteiger partial charge is 0.314 e. The molecule has 3 atom stereocenters. The maximum Gasteiger partial charge on any atom is 0.00954 e. The van der Waals surface area contributed by atoms with E-state index in [-0.39, 0.29) is 0 Å². The van der Waals surface area contributed by atoms with Crippen LogP contribution in [0.25, 0.3) is 0 Å². The van der Waals surface area contributed by atoms with E-state index in [9.17, 15) is 0 Å². The summed E-state index contributed by atoms with van der Waals surface area (Å²) in [7, 11) is 0. The third kappa shape index (κ3) is 3.79. The van der Waals surface area contributed by atoms with Crippen molar-refractivity contribution in [2.75, 3.05) is 6.54 Å². The molecule has 15 heavy (non-hydrogen) atoms. The van der Waals surface area contributed by atoms with Crippen molar-refractivity contribution < 1.29 is 0 Å². The van der Waals surface area contributed by atoms with E-state index < -0.39 is 0 Å². The van der Waals surface area contributed by atoms with E-state index in [1.54, 1.807) is 0 Å². The van der Waals surface area contributed by atoms with Crippen LogP contribution >= 0.6 is 0 Å². The van der Waals surface area contributed by atoms with Crippen LogP contribution in [-0.4, -0.2) is 12.6 Å². The van der Waals surface area contributed by atoms with Crippen LogP contribution in [0.3, 0.4) is 0 Å². The Kier molecular flexibility index (Phi) is 5.66. The highest BCUT2D eigenvalue weighted by molar-refractivity contribution is 4.85. The second-order valence-corrected chi connectivity index (χ2v) is 5.55. The van der Waals surface area contributed by atoms with Gasteiger partial charge in [-0.3, -0.25) is 0 Å². The van der Waals surface area contributed by atoms with Crippen molar-refractivity contribution in [2.24, 2.45) is 17.8 Å². The SMILES string of the molecule is CCCNC1CCC(C(C)C)CC1CC. The Morgan fingerprint density at radius 1 is 1.20 bits per heavy atom. The Labute approximate surface area is 96.0 Å². The summed E-state index contributed by atoms with van der Waals surface area (Å²) in [6.45, 7) is 10.6. The molecule has 0 bridgehead atoms. The first-order valence-electron chi connectivity index (χ1n) is 6.92. The van der Waals surface area contributed by atoms with E-state index in [0.717, 1.165) is 23.8 Å². The van der Waals surface area contributed by atoms with E-state index >= 15 is 0 Å². The maximum atomic E-state index is 3.73. The van der Waals surface area contributed by atoms with E-state index in [4.69, 9.17) is 0 Å². The van der Waals surface area contributed by atoms with Crippen molar-refractivity contribution in [1.82, 2.24) is 5.32 Å². The Hall–Kier alpha value is -0.0400. The molecule has 1 heteroatoms. The molecular formula is C14H29N. The quantitative estimate of drug-likeness (QED) is 0.728. The van der Waals surface area contributed by atoms with Gasteiger partial charge < -0.3 is 5.32 Å². The molecule has 0 aromatic heterocycles. The van der Waals surface area contributed by atoms with Gasteiger partial charge in [0.15, 0.2) is 0 Å². The summed E-state index contributed by atoms with van der Waals surface area (Å²) in [6.07, 6.45) is 6.91. The van der Waals surface area contributed by atoms with Crippen LogP contribution in [0.15, 0.2) is 0 Å². The average molecular weight is 211 g/mol. The predicted molar refractivity (Wildman–Crippen MR) is 68.0 cm³/mol. The highest BCUT2D eigenvalue weighted by Crippen LogP contribution is 2.35. The minimum Gasteiger partial charge on any atom is -0.314 e. The summed E-state index contributed by atoms with van der Waals surface area (Å²) < 4.78 is 0. The predicted octanol–water partition coefficient (Wildman–Crippen LogP) is 3.84. The minimum atomic E-state index is 0.810. The first-order valence-corrected chi connectivity index (χ1v) is 6.92. The number of hydrogen-bond acceptors (Lipinski definition) is 1. The van der Waals surface area contributed by atoms with E-state index in [2.05, 4.69) is 33.0 Å². The van der Waals surface area contributed by atoms with Gasteiger partial charge in [-0.25, -0.2) is 0 Å². The van der Waals surface area contributed by atoms with Crippen molar-refractivity contribution in [3.8, 4) is 0 Å². The Balaban J connectivity index is 2.41. The first-order chi connectivity index (χ1) is 7.19. The van der Waals surface area contributed by atoms with Crippen molar-refractivity contribution >= 4 is 0 Å². The lowest BCUT2D eigenvalue weighted by atomic mass is 9.73. The maximum absolute atomic E-state index is 3.73. The number of hydrogen-bond donors (Lipinski definition) is 1. The fourth-order valence-electron chi connectivity index (χ4n) is 2.96. The lowest BCUT2D eigenvalue weighted by Crippen LogP contribution is -2.41. The van der Waals surface area contributed by atoms with Gasteiger partial charge in [-0.1, -0.05) is 34.1 Å². The Bertz CT molecular complexity index is 165. The van der Waals surface area contributed by atoms with E-state index in [1.807, 2.05) is 0 Å². The summed E-state index contributed by atoms with van der Waals surface area (Å²) in [6, 6.07) is 0.810. The van der Waals surface area contributed by atoms with Crippen molar-refractivity contribution in [3.63, 3.8) is 0 Å². The molecule has 1 aliphatic carbocycles. The van der Waals surface area contributed by atoms with Crippen LogP contribution in [-0.2, 0) is 0 Å². The number of nitrogens with one attached hydrogen (secondary N) is 1. The zero-order chi connectivity index (χ0) is 11.3. The molecule has 0 saturated heterocycles. The average Bonchev–Trinajstić information content (AvgIpc) is 2.25. The first kappa shape index (κ1) is 13.0. The molecule has 0 spiro atoms. The molecule has 0 radical (unpaired) electrons. The van der Waals surface area contributed by atoms with Gasteiger partial charge in [0.1, 0.15) is 0 Å². The molecule has 3 unspecified atom stereocenters.